The van der Waals surface area contributed by atoms with Gasteiger partial charge in [-0.3, -0.25) is 4.79 Å². The van der Waals surface area contributed by atoms with Crippen LogP contribution in [0, 0.1) is 0 Å². The first kappa shape index (κ1) is 24.7. The van der Waals surface area contributed by atoms with Crippen LogP contribution in [0.15, 0.2) is 30.5 Å². The Morgan fingerprint density at radius 3 is 2.84 bits per heavy atom. The topological polar surface area (TPSA) is 123 Å². The number of amides is 1. The lowest BCUT2D eigenvalue weighted by Crippen LogP contribution is -2.56. The van der Waals surface area contributed by atoms with Gasteiger partial charge in [-0.1, -0.05) is 11.3 Å². The number of alkyl halides is 4. The van der Waals surface area contributed by atoms with Gasteiger partial charge in [0.2, 0.25) is 17.7 Å². The summed E-state index contributed by atoms with van der Waals surface area (Å²) in [6.45, 7) is -2.23. The van der Waals surface area contributed by atoms with Gasteiger partial charge in [0.25, 0.3) is 12.3 Å². The average molecular weight is 522 g/mol. The fourth-order valence-electron chi connectivity index (χ4n) is 4.41. The maximum absolute atomic E-state index is 14.7. The zero-order valence-corrected chi connectivity index (χ0v) is 19.5. The third kappa shape index (κ3) is 4.61. The van der Waals surface area contributed by atoms with Gasteiger partial charge in [0.05, 0.1) is 25.2 Å². The molecule has 4 aromatic rings. The third-order valence-corrected chi connectivity index (χ3v) is 6.20. The molecule has 37 heavy (non-hydrogen) atoms. The van der Waals surface area contributed by atoms with Crippen LogP contribution in [-0.4, -0.2) is 90.7 Å². The minimum absolute atomic E-state index is 0.0408. The number of carbonyl (C=O) groups is 1. The highest BCUT2D eigenvalue weighted by Crippen LogP contribution is 2.34. The van der Waals surface area contributed by atoms with Crippen molar-refractivity contribution in [3.8, 4) is 17.0 Å². The molecule has 3 aromatic heterocycles. The van der Waals surface area contributed by atoms with Gasteiger partial charge in [0.15, 0.2) is 0 Å². The molecule has 1 atom stereocenters. The number of methoxy groups -OCH3 is 1. The van der Waals surface area contributed by atoms with Crippen LogP contribution in [0.5, 0.6) is 5.88 Å². The average Bonchev–Trinajstić information content (AvgIpc) is 3.47. The summed E-state index contributed by atoms with van der Waals surface area (Å²) in [6.07, 6.45) is -1.09. The van der Waals surface area contributed by atoms with Crippen LogP contribution in [0.2, 0.25) is 0 Å². The van der Waals surface area contributed by atoms with Crippen LogP contribution in [0.3, 0.4) is 0 Å². The van der Waals surface area contributed by atoms with E-state index in [1.807, 2.05) is 0 Å². The number of anilines is 1. The first-order valence-corrected chi connectivity index (χ1v) is 11.3. The van der Waals surface area contributed by atoms with Crippen LogP contribution in [0.1, 0.15) is 6.42 Å². The van der Waals surface area contributed by atoms with Gasteiger partial charge in [-0.15, -0.1) is 10.2 Å². The molecule has 1 aliphatic rings. The number of rotatable bonds is 7. The molecule has 11 nitrogen and oxygen atoms in total. The Balaban J connectivity index is 1.46. The number of hydrogen-bond acceptors (Lipinski definition) is 8. The molecule has 2 N–H and O–H groups in total. The maximum atomic E-state index is 14.7. The molecule has 1 aromatic carbocycles. The number of aliphatic hydroxyl groups is 1. The molecule has 0 spiro atoms. The number of piperidine rings is 1. The van der Waals surface area contributed by atoms with Gasteiger partial charge in [-0.2, -0.15) is 4.98 Å². The van der Waals surface area contributed by atoms with Gasteiger partial charge in [0.1, 0.15) is 24.2 Å². The molecule has 15 heteroatoms. The summed E-state index contributed by atoms with van der Waals surface area (Å²) in [5, 5.41) is 23.6. The molecule has 0 saturated carbocycles. The molecular formula is C22H22F4N8O3. The SMILES string of the molecule is COc1nc(N[C@@H]2CCN(C(=O)CO)CC2(F)F)nn2ccc(-c3ccc4nnn(CC(F)F)c4c3)c12. The second-order valence-corrected chi connectivity index (χ2v) is 8.55. The van der Waals surface area contributed by atoms with Gasteiger partial charge < -0.3 is 20.1 Å². The zero-order valence-electron chi connectivity index (χ0n) is 19.5. The summed E-state index contributed by atoms with van der Waals surface area (Å²) in [5.41, 5.74) is 2.58. The molecular weight excluding hydrogens is 500 g/mol. The number of benzene rings is 1. The number of ether oxygens (including phenoxy) is 1. The van der Waals surface area contributed by atoms with E-state index in [0.717, 1.165) is 9.58 Å². The Labute approximate surface area is 206 Å². The predicted octanol–water partition coefficient (Wildman–Crippen LogP) is 2.06. The Kier molecular flexibility index (Phi) is 6.31. The number of halogens is 4. The quantitative estimate of drug-likeness (QED) is 0.354. The number of aliphatic hydroxyl groups excluding tert-OH is 1. The number of hydrogen-bond donors (Lipinski definition) is 2. The lowest BCUT2D eigenvalue weighted by molar-refractivity contribution is -0.145. The molecule has 5 rings (SSSR count). The van der Waals surface area contributed by atoms with Crippen LogP contribution >= 0.6 is 0 Å². The summed E-state index contributed by atoms with van der Waals surface area (Å²) in [4.78, 5) is 16.8. The largest absolute Gasteiger partial charge is 0.479 e. The van der Waals surface area contributed by atoms with Crippen molar-refractivity contribution < 1.29 is 32.2 Å². The zero-order chi connectivity index (χ0) is 26.3. The van der Waals surface area contributed by atoms with Crippen molar-refractivity contribution in [1.29, 1.82) is 0 Å². The molecule has 196 valence electrons. The molecule has 1 saturated heterocycles. The van der Waals surface area contributed by atoms with E-state index < -0.39 is 44.0 Å². The van der Waals surface area contributed by atoms with E-state index >= 15 is 0 Å². The first-order valence-electron chi connectivity index (χ1n) is 11.3. The number of fused-ring (bicyclic) bond motifs is 2. The summed E-state index contributed by atoms with van der Waals surface area (Å²) >= 11 is 0. The third-order valence-electron chi connectivity index (χ3n) is 6.20. The van der Waals surface area contributed by atoms with E-state index in [2.05, 4.69) is 25.7 Å². The second kappa shape index (κ2) is 9.46. The fourth-order valence-corrected chi connectivity index (χ4v) is 4.41. The molecule has 1 amide bonds. The number of aromatic nitrogens is 6. The minimum atomic E-state index is -3.29. The molecule has 1 aliphatic heterocycles. The van der Waals surface area contributed by atoms with Crippen LogP contribution in [0.25, 0.3) is 27.7 Å². The molecule has 0 bridgehead atoms. The molecule has 0 unspecified atom stereocenters. The summed E-state index contributed by atoms with van der Waals surface area (Å²) in [7, 11) is 1.38. The molecule has 0 aliphatic carbocycles. The predicted molar refractivity (Wildman–Crippen MR) is 123 cm³/mol. The number of nitrogens with zero attached hydrogens (tertiary/aromatic N) is 7. The van der Waals surface area contributed by atoms with Crippen LogP contribution in [0.4, 0.5) is 23.5 Å². The van der Waals surface area contributed by atoms with Crippen molar-refractivity contribution in [3.63, 3.8) is 0 Å². The summed E-state index contributed by atoms with van der Waals surface area (Å²) < 4.78 is 63.3. The monoisotopic (exact) mass is 522 g/mol. The Bertz CT molecular complexity index is 1460. The number of nitrogens with one attached hydrogen (secondary N) is 1. The van der Waals surface area contributed by atoms with E-state index in [-0.39, 0.29) is 24.8 Å². The van der Waals surface area contributed by atoms with E-state index in [9.17, 15) is 22.4 Å². The normalized spacial score (nSPS) is 17.6. The summed E-state index contributed by atoms with van der Waals surface area (Å²) in [5.74, 6) is -4.05. The highest BCUT2D eigenvalue weighted by Gasteiger charge is 2.46. The lowest BCUT2D eigenvalue weighted by atomic mass is 10.0. The highest BCUT2D eigenvalue weighted by atomic mass is 19.3. The van der Waals surface area contributed by atoms with Crippen molar-refractivity contribution in [2.45, 2.75) is 31.4 Å². The van der Waals surface area contributed by atoms with E-state index in [1.165, 1.54) is 11.6 Å². The van der Waals surface area contributed by atoms with Gasteiger partial charge >= 0.3 is 0 Å². The number of likely N-dealkylation sites (tertiary alicyclic amines) is 1. The van der Waals surface area contributed by atoms with Crippen molar-refractivity contribution in [3.05, 3.63) is 30.5 Å². The van der Waals surface area contributed by atoms with Gasteiger partial charge in [-0.25, -0.2) is 26.8 Å². The van der Waals surface area contributed by atoms with Crippen molar-refractivity contribution >= 4 is 28.4 Å². The molecule has 4 heterocycles. The first-order chi connectivity index (χ1) is 17.7. The highest BCUT2D eigenvalue weighted by molar-refractivity contribution is 5.89. The van der Waals surface area contributed by atoms with Crippen molar-refractivity contribution in [1.82, 2.24) is 34.5 Å². The van der Waals surface area contributed by atoms with Crippen molar-refractivity contribution in [2.24, 2.45) is 0 Å². The van der Waals surface area contributed by atoms with E-state index in [0.29, 0.717) is 27.7 Å². The number of carbonyl (C=O) groups excluding carboxylic acids is 1. The van der Waals surface area contributed by atoms with Crippen LogP contribution < -0.4 is 10.1 Å². The smallest absolute Gasteiger partial charge is 0.285 e. The Morgan fingerprint density at radius 2 is 2.14 bits per heavy atom. The van der Waals surface area contributed by atoms with E-state index in [1.54, 1.807) is 30.5 Å². The van der Waals surface area contributed by atoms with Crippen LogP contribution in [-0.2, 0) is 11.3 Å². The van der Waals surface area contributed by atoms with E-state index in [4.69, 9.17) is 9.84 Å². The summed E-state index contributed by atoms with van der Waals surface area (Å²) in [6, 6.07) is 5.43. The molecule has 0 radical (unpaired) electrons. The standard InChI is InChI=1S/C22H22F4N8O3/c1-37-20-19-13(12-2-3-14-15(8-12)34(31-29-14)9-17(23)24)4-7-33(19)30-21(28-20)27-16-5-6-32(18(36)10-35)11-22(16,25)26/h2-4,7-8,16-17,35H,5-6,9-11H2,1H3,(H,27,30)/t16-/m1/s1. The Hall–Kier alpha value is -4.01. The minimum Gasteiger partial charge on any atom is -0.479 e. The molecule has 1 fully saturated rings. The fraction of sp³-hybridized carbons (Fsp3) is 0.409. The van der Waals surface area contributed by atoms with Gasteiger partial charge in [-0.05, 0) is 30.2 Å². The van der Waals surface area contributed by atoms with Crippen molar-refractivity contribution in [2.75, 3.05) is 32.1 Å². The second-order valence-electron chi connectivity index (χ2n) is 8.55. The Morgan fingerprint density at radius 1 is 1.32 bits per heavy atom. The maximum Gasteiger partial charge on any atom is 0.285 e. The lowest BCUT2D eigenvalue weighted by Gasteiger charge is -2.38. The van der Waals surface area contributed by atoms with Gasteiger partial charge in [0, 0.05) is 18.3 Å².